The van der Waals surface area contributed by atoms with Gasteiger partial charge in [-0.1, -0.05) is 0 Å². The molecule has 8 nitrogen and oxygen atoms in total. The molecule has 0 rings (SSSR count). The monoisotopic (exact) mass is 268 g/mol. The molecule has 0 aromatic rings. The number of ketones is 1. The van der Waals surface area contributed by atoms with Crippen LogP contribution in [0.2, 0.25) is 0 Å². The lowest BCUT2D eigenvalue weighted by atomic mass is 10.0. The maximum atomic E-state index is 9.90. The first-order chi connectivity index (χ1) is 8.18. The van der Waals surface area contributed by atoms with E-state index in [9.17, 15) is 9.59 Å². The van der Waals surface area contributed by atoms with Crippen LogP contribution in [-0.4, -0.2) is 79.8 Å². The minimum atomic E-state index is -1.79. The average Bonchev–Trinajstić information content (AvgIpc) is 2.35. The molecule has 18 heavy (non-hydrogen) atoms. The fraction of sp³-hybridized carbons (Fsp3) is 0.800. The minimum absolute atomic E-state index is 0.0258. The SMILES string of the molecule is CC(=O)C(C)O.O=CC(O)C(O)C(O)C(O)CO. The van der Waals surface area contributed by atoms with Gasteiger partial charge in [-0.05, 0) is 13.8 Å². The first kappa shape index (κ1) is 19.4. The van der Waals surface area contributed by atoms with E-state index in [-0.39, 0.29) is 12.1 Å². The van der Waals surface area contributed by atoms with E-state index < -0.39 is 37.1 Å². The van der Waals surface area contributed by atoms with Crippen molar-refractivity contribution in [3.05, 3.63) is 0 Å². The van der Waals surface area contributed by atoms with E-state index in [0.717, 1.165) is 0 Å². The Hall–Kier alpha value is -0.900. The van der Waals surface area contributed by atoms with Gasteiger partial charge in [0.15, 0.2) is 12.1 Å². The summed E-state index contributed by atoms with van der Waals surface area (Å²) in [7, 11) is 0. The lowest BCUT2D eigenvalue weighted by Crippen LogP contribution is -2.46. The summed E-state index contributed by atoms with van der Waals surface area (Å²) in [5.74, 6) is -0.185. The molecule has 0 saturated carbocycles. The van der Waals surface area contributed by atoms with Crippen LogP contribution in [0.1, 0.15) is 13.8 Å². The van der Waals surface area contributed by atoms with Crippen molar-refractivity contribution >= 4 is 12.1 Å². The van der Waals surface area contributed by atoms with Crippen molar-refractivity contribution in [2.75, 3.05) is 6.61 Å². The third kappa shape index (κ3) is 8.23. The lowest BCUT2D eigenvalue weighted by molar-refractivity contribution is -0.136. The molecule has 0 heterocycles. The van der Waals surface area contributed by atoms with Crippen LogP contribution in [0.25, 0.3) is 0 Å². The molecule has 0 bridgehead atoms. The largest absolute Gasteiger partial charge is 0.394 e. The van der Waals surface area contributed by atoms with E-state index >= 15 is 0 Å². The third-order valence-electron chi connectivity index (χ3n) is 2.01. The highest BCUT2D eigenvalue weighted by Crippen LogP contribution is 2.02. The van der Waals surface area contributed by atoms with Crippen molar-refractivity contribution in [1.82, 2.24) is 0 Å². The topological polar surface area (TPSA) is 156 Å². The second kappa shape index (κ2) is 10.1. The summed E-state index contributed by atoms with van der Waals surface area (Å²) in [5, 5.41) is 51.8. The highest BCUT2D eigenvalue weighted by atomic mass is 16.4. The van der Waals surface area contributed by atoms with Crippen LogP contribution >= 0.6 is 0 Å². The van der Waals surface area contributed by atoms with Crippen molar-refractivity contribution in [2.45, 2.75) is 44.4 Å². The molecule has 0 amide bonds. The molecular weight excluding hydrogens is 248 g/mol. The number of aldehydes is 1. The van der Waals surface area contributed by atoms with Crippen molar-refractivity contribution in [2.24, 2.45) is 0 Å². The molecule has 8 heteroatoms. The van der Waals surface area contributed by atoms with E-state index in [4.69, 9.17) is 30.6 Å². The highest BCUT2D eigenvalue weighted by molar-refractivity contribution is 5.79. The molecule has 0 aromatic carbocycles. The van der Waals surface area contributed by atoms with Crippen molar-refractivity contribution in [1.29, 1.82) is 0 Å². The maximum Gasteiger partial charge on any atom is 0.157 e. The van der Waals surface area contributed by atoms with Gasteiger partial charge in [-0.15, -0.1) is 0 Å². The smallest absolute Gasteiger partial charge is 0.157 e. The molecule has 6 N–H and O–H groups in total. The van der Waals surface area contributed by atoms with E-state index in [1.165, 1.54) is 13.8 Å². The molecule has 108 valence electrons. The Kier molecular flexibility index (Phi) is 10.9. The van der Waals surface area contributed by atoms with Gasteiger partial charge in [-0.2, -0.15) is 0 Å². The Morgan fingerprint density at radius 2 is 1.50 bits per heavy atom. The Morgan fingerprint density at radius 3 is 1.72 bits per heavy atom. The summed E-state index contributed by atoms with van der Waals surface area (Å²) in [4.78, 5) is 19.8. The Morgan fingerprint density at radius 1 is 1.11 bits per heavy atom. The van der Waals surface area contributed by atoms with Crippen LogP contribution in [0.4, 0.5) is 0 Å². The fourth-order valence-corrected chi connectivity index (χ4v) is 0.618. The standard InChI is InChI=1S/C6H12O6.C4H8O2/c7-1-3(9)5(11)6(12)4(10)2-8;1-3(5)4(2)6/h1,3-6,8-12H,2H2;3,5H,1-2H3. The van der Waals surface area contributed by atoms with Gasteiger partial charge in [0.2, 0.25) is 0 Å². The lowest BCUT2D eigenvalue weighted by Gasteiger charge is -2.22. The van der Waals surface area contributed by atoms with E-state index in [1.54, 1.807) is 0 Å². The Labute approximate surface area is 104 Å². The number of Topliss-reactive ketones (excluding diaryl/α,β-unsaturated/α-hetero) is 1. The molecule has 5 atom stereocenters. The quantitative estimate of drug-likeness (QED) is 0.272. The molecule has 5 unspecified atom stereocenters. The van der Waals surface area contributed by atoms with Crippen LogP contribution in [-0.2, 0) is 9.59 Å². The van der Waals surface area contributed by atoms with Gasteiger partial charge in [-0.25, -0.2) is 0 Å². The normalized spacial score (nSPS) is 18.7. The second-order valence-corrected chi connectivity index (χ2v) is 3.64. The number of rotatable bonds is 6. The first-order valence-corrected chi connectivity index (χ1v) is 5.15. The van der Waals surface area contributed by atoms with Gasteiger partial charge >= 0.3 is 0 Å². The van der Waals surface area contributed by atoms with E-state index in [0.29, 0.717) is 0 Å². The summed E-state index contributed by atoms with van der Waals surface area (Å²) in [6, 6.07) is 0. The first-order valence-electron chi connectivity index (χ1n) is 5.15. The minimum Gasteiger partial charge on any atom is -0.394 e. The Bertz CT molecular complexity index is 242. The van der Waals surface area contributed by atoms with Gasteiger partial charge < -0.3 is 35.4 Å². The Balaban J connectivity index is 0. The molecule has 0 fully saturated rings. The fourth-order valence-electron chi connectivity index (χ4n) is 0.618. The van der Waals surface area contributed by atoms with E-state index in [2.05, 4.69) is 0 Å². The zero-order valence-corrected chi connectivity index (χ0v) is 10.2. The number of hydrogen-bond donors (Lipinski definition) is 6. The van der Waals surface area contributed by atoms with Crippen LogP contribution < -0.4 is 0 Å². The predicted octanol–water partition coefficient (Wildman–Crippen LogP) is -3.42. The summed E-state index contributed by atoms with van der Waals surface area (Å²) in [6.45, 7) is 2.04. The molecule has 0 saturated heterocycles. The third-order valence-corrected chi connectivity index (χ3v) is 2.01. The summed E-state index contributed by atoms with van der Waals surface area (Å²) < 4.78 is 0. The van der Waals surface area contributed by atoms with Crippen LogP contribution in [0.5, 0.6) is 0 Å². The molecule has 0 aliphatic rings. The zero-order valence-electron chi connectivity index (χ0n) is 10.2. The summed E-state index contributed by atoms with van der Waals surface area (Å²) in [5.41, 5.74) is 0. The number of aliphatic hydroxyl groups excluding tert-OH is 6. The highest BCUT2D eigenvalue weighted by Gasteiger charge is 2.29. The van der Waals surface area contributed by atoms with Crippen molar-refractivity contribution < 1.29 is 40.2 Å². The zero-order chi connectivity index (χ0) is 14.9. The molecule has 0 spiro atoms. The number of carbonyl (C=O) groups excluding carboxylic acids is 2. The van der Waals surface area contributed by atoms with Crippen LogP contribution in [0.15, 0.2) is 0 Å². The molecule has 0 aromatic heterocycles. The molecule has 0 radical (unpaired) electrons. The van der Waals surface area contributed by atoms with Crippen molar-refractivity contribution in [3.8, 4) is 0 Å². The number of carbonyl (C=O) groups is 2. The number of hydrogen-bond acceptors (Lipinski definition) is 8. The second-order valence-electron chi connectivity index (χ2n) is 3.64. The van der Waals surface area contributed by atoms with Crippen molar-refractivity contribution in [3.63, 3.8) is 0 Å². The van der Waals surface area contributed by atoms with Gasteiger partial charge in [0.05, 0.1) is 6.61 Å². The summed E-state index contributed by atoms with van der Waals surface area (Å²) >= 11 is 0. The summed E-state index contributed by atoms with van der Waals surface area (Å²) in [6.07, 6.45) is -7.63. The average molecular weight is 268 g/mol. The van der Waals surface area contributed by atoms with Gasteiger partial charge in [0.25, 0.3) is 0 Å². The molecule has 0 aliphatic carbocycles. The van der Waals surface area contributed by atoms with Crippen LogP contribution in [0, 0.1) is 0 Å². The van der Waals surface area contributed by atoms with Gasteiger partial charge in [-0.3, -0.25) is 4.79 Å². The predicted molar refractivity (Wildman–Crippen MR) is 59.5 cm³/mol. The van der Waals surface area contributed by atoms with Crippen LogP contribution in [0.3, 0.4) is 0 Å². The molecule has 0 aliphatic heterocycles. The maximum absolute atomic E-state index is 9.90. The number of aliphatic hydroxyl groups is 6. The van der Waals surface area contributed by atoms with Gasteiger partial charge in [0, 0.05) is 0 Å². The molecular formula is C10H20O8. The van der Waals surface area contributed by atoms with E-state index in [1.807, 2.05) is 0 Å². The van der Waals surface area contributed by atoms with Gasteiger partial charge in [0.1, 0.15) is 30.5 Å².